The standard InChI is InChI=1S/C9H20IN/c1-8-7-9(10(2)3)5-6-11(8)4/h8-9H,5-7H2,1-4H3. The minimum atomic E-state index is -0.501. The zero-order valence-electron chi connectivity index (χ0n) is 8.10. The number of nitrogens with zero attached hydrogens (tertiary/aromatic N) is 1. The van der Waals surface area contributed by atoms with Crippen LogP contribution in [0.5, 0.6) is 0 Å². The Hall–Kier alpha value is 0.690. The molecule has 1 nitrogen and oxygen atoms in total. The van der Waals surface area contributed by atoms with E-state index in [1.54, 1.807) is 0 Å². The Morgan fingerprint density at radius 2 is 2.00 bits per heavy atom. The van der Waals surface area contributed by atoms with Crippen molar-refractivity contribution in [1.82, 2.24) is 4.90 Å². The molecule has 1 heterocycles. The molecule has 0 saturated carbocycles. The summed E-state index contributed by atoms with van der Waals surface area (Å²) in [6, 6.07) is 0.841. The number of halogens is 1. The third-order valence-electron chi connectivity index (χ3n) is 2.76. The maximum absolute atomic E-state index is 2.51. The van der Waals surface area contributed by atoms with Gasteiger partial charge < -0.3 is 0 Å². The Labute approximate surface area is 77.9 Å². The molecule has 0 radical (unpaired) electrons. The molecule has 1 saturated heterocycles. The van der Waals surface area contributed by atoms with Gasteiger partial charge in [-0.25, -0.2) is 0 Å². The van der Waals surface area contributed by atoms with Crippen molar-refractivity contribution in [2.24, 2.45) is 0 Å². The van der Waals surface area contributed by atoms with Crippen LogP contribution >= 0.6 is 19.8 Å². The van der Waals surface area contributed by atoms with Crippen LogP contribution in [0, 0.1) is 0 Å². The first kappa shape index (κ1) is 9.78. The van der Waals surface area contributed by atoms with Gasteiger partial charge in [0.05, 0.1) is 0 Å². The van der Waals surface area contributed by atoms with Crippen LogP contribution in [-0.2, 0) is 0 Å². The molecule has 2 unspecified atom stereocenters. The minimum absolute atomic E-state index is 0.501. The van der Waals surface area contributed by atoms with Crippen LogP contribution in [0.3, 0.4) is 0 Å². The summed E-state index contributed by atoms with van der Waals surface area (Å²) in [5, 5.41) is 0. The summed E-state index contributed by atoms with van der Waals surface area (Å²) in [5.41, 5.74) is 0. The molecule has 0 aliphatic carbocycles. The normalized spacial score (nSPS) is 35.5. The summed E-state index contributed by atoms with van der Waals surface area (Å²) in [4.78, 5) is 7.51. The molecule has 1 aliphatic heterocycles. The van der Waals surface area contributed by atoms with Crippen LogP contribution in [0.15, 0.2) is 0 Å². The fraction of sp³-hybridized carbons (Fsp3) is 1.00. The van der Waals surface area contributed by atoms with Gasteiger partial charge in [-0.1, -0.05) is 0 Å². The first-order valence-corrected chi connectivity index (χ1v) is 9.86. The fourth-order valence-corrected chi connectivity index (χ4v) is 4.91. The van der Waals surface area contributed by atoms with Crippen molar-refractivity contribution in [2.45, 2.75) is 29.7 Å². The van der Waals surface area contributed by atoms with Crippen molar-refractivity contribution in [3.63, 3.8) is 0 Å². The molecule has 0 aromatic rings. The van der Waals surface area contributed by atoms with E-state index in [2.05, 4.69) is 28.7 Å². The molecule has 1 rings (SSSR count). The van der Waals surface area contributed by atoms with Crippen LogP contribution in [0.1, 0.15) is 19.8 Å². The molecule has 1 fully saturated rings. The molecule has 2 atom stereocenters. The predicted molar refractivity (Wildman–Crippen MR) is 61.0 cm³/mol. The number of hydrogen-bond acceptors (Lipinski definition) is 1. The molecular formula is C9H20IN. The second kappa shape index (κ2) is 4.08. The quantitative estimate of drug-likeness (QED) is 0.521. The van der Waals surface area contributed by atoms with Crippen LogP contribution < -0.4 is 0 Å². The summed E-state index contributed by atoms with van der Waals surface area (Å²) in [5.74, 6) is 0. The van der Waals surface area contributed by atoms with Crippen molar-refractivity contribution in [2.75, 3.05) is 23.5 Å². The zero-order valence-corrected chi connectivity index (χ0v) is 10.3. The van der Waals surface area contributed by atoms with E-state index in [1.165, 1.54) is 19.4 Å². The first-order chi connectivity index (χ1) is 5.11. The monoisotopic (exact) mass is 269 g/mol. The number of likely N-dealkylation sites (tertiary alicyclic amines) is 1. The second-order valence-electron chi connectivity index (χ2n) is 3.77. The molecule has 1 aliphatic rings. The summed E-state index contributed by atoms with van der Waals surface area (Å²) in [6.45, 7) is 3.70. The van der Waals surface area contributed by atoms with Crippen LogP contribution in [0.4, 0.5) is 0 Å². The van der Waals surface area contributed by atoms with E-state index >= 15 is 0 Å². The van der Waals surface area contributed by atoms with E-state index in [0.717, 1.165) is 9.97 Å². The predicted octanol–water partition coefficient (Wildman–Crippen LogP) is 2.24. The van der Waals surface area contributed by atoms with Gasteiger partial charge in [0.25, 0.3) is 0 Å². The fourth-order valence-electron chi connectivity index (χ4n) is 1.63. The average Bonchev–Trinajstić information content (AvgIpc) is 1.94. The third kappa shape index (κ3) is 2.58. The molecule has 0 bridgehead atoms. The van der Waals surface area contributed by atoms with Gasteiger partial charge in [-0.3, -0.25) is 0 Å². The van der Waals surface area contributed by atoms with Gasteiger partial charge in [-0.15, -0.1) is 0 Å². The van der Waals surface area contributed by atoms with E-state index in [1.807, 2.05) is 0 Å². The van der Waals surface area contributed by atoms with Crippen LogP contribution in [-0.4, -0.2) is 38.3 Å². The Morgan fingerprint density at radius 3 is 2.45 bits per heavy atom. The van der Waals surface area contributed by atoms with Gasteiger partial charge in [0, 0.05) is 0 Å². The van der Waals surface area contributed by atoms with E-state index in [4.69, 9.17) is 0 Å². The second-order valence-corrected chi connectivity index (χ2v) is 10.2. The van der Waals surface area contributed by atoms with Crippen LogP contribution in [0.2, 0.25) is 0 Å². The third-order valence-corrected chi connectivity index (χ3v) is 7.42. The maximum atomic E-state index is 2.51. The molecule has 11 heavy (non-hydrogen) atoms. The number of hydrogen-bond donors (Lipinski definition) is 0. The van der Waals surface area contributed by atoms with Crippen molar-refractivity contribution >= 4 is 19.8 Å². The number of rotatable bonds is 1. The Morgan fingerprint density at radius 1 is 1.36 bits per heavy atom. The van der Waals surface area contributed by atoms with Crippen molar-refractivity contribution < 1.29 is 0 Å². The SMILES string of the molecule is CC1CC(I(C)C)CCN1C. The summed E-state index contributed by atoms with van der Waals surface area (Å²) < 4.78 is 1.13. The van der Waals surface area contributed by atoms with Gasteiger partial charge in [-0.05, 0) is 0 Å². The van der Waals surface area contributed by atoms with Crippen molar-refractivity contribution in [3.8, 4) is 0 Å². The van der Waals surface area contributed by atoms with Crippen molar-refractivity contribution in [3.05, 3.63) is 0 Å². The Bertz CT molecular complexity index is 125. The van der Waals surface area contributed by atoms with Gasteiger partial charge in [0.2, 0.25) is 0 Å². The molecule has 0 amide bonds. The Kier molecular flexibility index (Phi) is 3.62. The average molecular weight is 269 g/mol. The van der Waals surface area contributed by atoms with E-state index in [-0.39, 0.29) is 0 Å². The molecule has 2 heteroatoms. The van der Waals surface area contributed by atoms with Gasteiger partial charge in [0.15, 0.2) is 0 Å². The van der Waals surface area contributed by atoms with Gasteiger partial charge in [0.1, 0.15) is 0 Å². The summed E-state index contributed by atoms with van der Waals surface area (Å²) in [7, 11) is 2.25. The number of piperidine rings is 1. The summed E-state index contributed by atoms with van der Waals surface area (Å²) in [6.07, 6.45) is 2.94. The zero-order chi connectivity index (χ0) is 8.43. The van der Waals surface area contributed by atoms with Gasteiger partial charge in [-0.2, -0.15) is 0 Å². The Balaban J connectivity index is 2.40. The van der Waals surface area contributed by atoms with E-state index in [9.17, 15) is 0 Å². The van der Waals surface area contributed by atoms with E-state index < -0.39 is 19.8 Å². The summed E-state index contributed by atoms with van der Waals surface area (Å²) >= 11 is -0.501. The van der Waals surface area contributed by atoms with E-state index in [0.29, 0.717) is 0 Å². The molecule has 68 valence electrons. The topological polar surface area (TPSA) is 3.24 Å². The molecule has 0 spiro atoms. The molecule has 0 N–H and O–H groups in total. The molecule has 0 aromatic carbocycles. The molecule has 0 aromatic heterocycles. The van der Waals surface area contributed by atoms with Gasteiger partial charge >= 0.3 is 77.9 Å². The first-order valence-electron chi connectivity index (χ1n) is 4.30. The number of alkyl halides is 3. The van der Waals surface area contributed by atoms with Crippen LogP contribution in [0.25, 0.3) is 0 Å². The molecular weight excluding hydrogens is 249 g/mol. The van der Waals surface area contributed by atoms with Crippen molar-refractivity contribution in [1.29, 1.82) is 0 Å².